The van der Waals surface area contributed by atoms with Crippen molar-refractivity contribution >= 4 is 0 Å². The molecule has 2 unspecified atom stereocenters. The number of ether oxygens (including phenoxy) is 1. The Morgan fingerprint density at radius 3 is 2.21 bits per heavy atom. The van der Waals surface area contributed by atoms with Gasteiger partial charge in [-0.3, -0.25) is 0 Å². The van der Waals surface area contributed by atoms with Gasteiger partial charge in [0.15, 0.2) is 0 Å². The predicted molar refractivity (Wildman–Crippen MR) is 62.7 cm³/mol. The summed E-state index contributed by atoms with van der Waals surface area (Å²) in [5, 5.41) is 3.48. The summed E-state index contributed by atoms with van der Waals surface area (Å²) in [5.41, 5.74) is -0.0326. The first-order valence-electron chi connectivity index (χ1n) is 5.76. The van der Waals surface area contributed by atoms with Crippen LogP contribution in [0.4, 0.5) is 0 Å². The van der Waals surface area contributed by atoms with Crippen LogP contribution < -0.4 is 5.32 Å². The maximum absolute atomic E-state index is 5.80. The average molecular weight is 201 g/mol. The van der Waals surface area contributed by atoms with Crippen molar-refractivity contribution in [1.82, 2.24) is 5.32 Å². The first-order chi connectivity index (χ1) is 6.35. The van der Waals surface area contributed by atoms with Crippen molar-refractivity contribution in [3.63, 3.8) is 0 Å². The summed E-state index contributed by atoms with van der Waals surface area (Å²) >= 11 is 0. The molecule has 2 nitrogen and oxygen atoms in total. The van der Waals surface area contributed by atoms with Crippen molar-refractivity contribution in [2.45, 2.75) is 72.1 Å². The highest BCUT2D eigenvalue weighted by Gasteiger charge is 2.15. The van der Waals surface area contributed by atoms with Gasteiger partial charge in [-0.1, -0.05) is 13.3 Å². The minimum atomic E-state index is -0.0326. The summed E-state index contributed by atoms with van der Waals surface area (Å²) in [5.74, 6) is 0. The molecule has 0 aromatic heterocycles. The molecule has 0 bridgehead atoms. The van der Waals surface area contributed by atoms with Crippen molar-refractivity contribution in [3.8, 4) is 0 Å². The minimum Gasteiger partial charge on any atom is -0.372 e. The van der Waals surface area contributed by atoms with Crippen LogP contribution in [-0.2, 0) is 4.74 Å². The molecule has 2 heteroatoms. The zero-order valence-electron chi connectivity index (χ0n) is 10.7. The SMILES string of the molecule is CCCC(C)NCC(C)OC(C)(C)C. The number of nitrogens with one attached hydrogen (secondary N) is 1. The Bertz CT molecular complexity index is 140. The van der Waals surface area contributed by atoms with Gasteiger partial charge in [0.1, 0.15) is 0 Å². The van der Waals surface area contributed by atoms with Crippen LogP contribution in [0.15, 0.2) is 0 Å². The standard InChI is InChI=1S/C12H27NO/c1-7-8-10(2)13-9-11(3)14-12(4,5)6/h10-11,13H,7-9H2,1-6H3. The first-order valence-corrected chi connectivity index (χ1v) is 5.76. The van der Waals surface area contributed by atoms with Gasteiger partial charge < -0.3 is 10.1 Å². The Hall–Kier alpha value is -0.0800. The van der Waals surface area contributed by atoms with Crippen molar-refractivity contribution in [1.29, 1.82) is 0 Å². The normalized spacial score (nSPS) is 16.7. The largest absolute Gasteiger partial charge is 0.372 e. The van der Waals surface area contributed by atoms with E-state index in [2.05, 4.69) is 46.9 Å². The number of rotatable bonds is 6. The van der Waals surface area contributed by atoms with Gasteiger partial charge in [0.25, 0.3) is 0 Å². The third-order valence-electron chi connectivity index (χ3n) is 2.03. The molecule has 0 aliphatic rings. The second kappa shape index (κ2) is 6.41. The summed E-state index contributed by atoms with van der Waals surface area (Å²) in [7, 11) is 0. The Morgan fingerprint density at radius 1 is 1.21 bits per heavy atom. The Kier molecular flexibility index (Phi) is 6.38. The molecule has 1 N–H and O–H groups in total. The maximum atomic E-state index is 5.80. The number of hydrogen-bond acceptors (Lipinski definition) is 2. The second-order valence-electron chi connectivity index (χ2n) is 5.14. The first kappa shape index (κ1) is 13.9. The molecule has 0 rings (SSSR count). The van der Waals surface area contributed by atoms with E-state index in [9.17, 15) is 0 Å². The Balaban J connectivity index is 3.58. The van der Waals surface area contributed by atoms with Gasteiger partial charge in [-0.2, -0.15) is 0 Å². The summed E-state index contributed by atoms with van der Waals surface area (Å²) in [6, 6.07) is 0.603. The zero-order chi connectivity index (χ0) is 11.2. The lowest BCUT2D eigenvalue weighted by Gasteiger charge is -2.26. The lowest BCUT2D eigenvalue weighted by atomic mass is 10.1. The van der Waals surface area contributed by atoms with Gasteiger partial charge in [0, 0.05) is 12.6 Å². The molecular weight excluding hydrogens is 174 g/mol. The fraction of sp³-hybridized carbons (Fsp3) is 1.00. The van der Waals surface area contributed by atoms with Crippen molar-refractivity contribution in [2.24, 2.45) is 0 Å². The highest BCUT2D eigenvalue weighted by atomic mass is 16.5. The average Bonchev–Trinajstić information content (AvgIpc) is 1.98. The maximum Gasteiger partial charge on any atom is 0.0678 e. The highest BCUT2D eigenvalue weighted by molar-refractivity contribution is 4.67. The van der Waals surface area contributed by atoms with E-state index in [0.29, 0.717) is 6.04 Å². The van der Waals surface area contributed by atoms with E-state index < -0.39 is 0 Å². The van der Waals surface area contributed by atoms with E-state index in [1.54, 1.807) is 0 Å². The molecule has 0 aromatic carbocycles. The van der Waals surface area contributed by atoms with Gasteiger partial charge >= 0.3 is 0 Å². The van der Waals surface area contributed by atoms with Gasteiger partial charge in [-0.25, -0.2) is 0 Å². The topological polar surface area (TPSA) is 21.3 Å². The third kappa shape index (κ3) is 8.52. The van der Waals surface area contributed by atoms with Crippen LogP contribution in [0.2, 0.25) is 0 Å². The van der Waals surface area contributed by atoms with E-state index in [1.165, 1.54) is 12.8 Å². The van der Waals surface area contributed by atoms with Gasteiger partial charge in [0.05, 0.1) is 11.7 Å². The van der Waals surface area contributed by atoms with Crippen LogP contribution in [0.25, 0.3) is 0 Å². The minimum absolute atomic E-state index is 0.0326. The lowest BCUT2D eigenvalue weighted by molar-refractivity contribution is -0.0506. The molecule has 0 heterocycles. The molecule has 0 saturated heterocycles. The van der Waals surface area contributed by atoms with E-state index in [1.807, 2.05) is 0 Å². The van der Waals surface area contributed by atoms with Crippen LogP contribution in [0, 0.1) is 0 Å². The van der Waals surface area contributed by atoms with Gasteiger partial charge in [0.2, 0.25) is 0 Å². The smallest absolute Gasteiger partial charge is 0.0678 e. The second-order valence-corrected chi connectivity index (χ2v) is 5.14. The fourth-order valence-electron chi connectivity index (χ4n) is 1.55. The molecule has 0 aliphatic carbocycles. The lowest BCUT2D eigenvalue weighted by Crippen LogP contribution is -2.37. The highest BCUT2D eigenvalue weighted by Crippen LogP contribution is 2.10. The van der Waals surface area contributed by atoms with Crippen LogP contribution in [-0.4, -0.2) is 24.3 Å². The summed E-state index contributed by atoms with van der Waals surface area (Å²) in [4.78, 5) is 0. The predicted octanol–water partition coefficient (Wildman–Crippen LogP) is 2.97. The van der Waals surface area contributed by atoms with Crippen molar-refractivity contribution < 1.29 is 4.74 Å². The molecule has 86 valence electrons. The molecule has 14 heavy (non-hydrogen) atoms. The fourth-order valence-corrected chi connectivity index (χ4v) is 1.55. The van der Waals surface area contributed by atoms with Gasteiger partial charge in [-0.05, 0) is 41.0 Å². The van der Waals surface area contributed by atoms with Gasteiger partial charge in [-0.15, -0.1) is 0 Å². The van der Waals surface area contributed by atoms with Crippen LogP contribution in [0.3, 0.4) is 0 Å². The monoisotopic (exact) mass is 201 g/mol. The molecule has 0 fully saturated rings. The van der Waals surface area contributed by atoms with E-state index in [0.717, 1.165) is 6.54 Å². The van der Waals surface area contributed by atoms with E-state index in [-0.39, 0.29) is 11.7 Å². The summed E-state index contributed by atoms with van der Waals surface area (Å²) in [6.07, 6.45) is 2.76. The molecule has 0 aliphatic heterocycles. The van der Waals surface area contributed by atoms with Crippen molar-refractivity contribution in [2.75, 3.05) is 6.54 Å². The van der Waals surface area contributed by atoms with Crippen molar-refractivity contribution in [3.05, 3.63) is 0 Å². The molecule has 0 amide bonds. The quantitative estimate of drug-likeness (QED) is 0.713. The molecule has 0 radical (unpaired) electrons. The summed E-state index contributed by atoms with van der Waals surface area (Å²) < 4.78 is 5.80. The number of hydrogen-bond donors (Lipinski definition) is 1. The molecule has 2 atom stereocenters. The Morgan fingerprint density at radius 2 is 1.79 bits per heavy atom. The zero-order valence-corrected chi connectivity index (χ0v) is 10.7. The third-order valence-corrected chi connectivity index (χ3v) is 2.03. The Labute approximate surface area is 89.4 Å². The molecule has 0 spiro atoms. The van der Waals surface area contributed by atoms with E-state index >= 15 is 0 Å². The molecule has 0 saturated carbocycles. The van der Waals surface area contributed by atoms with E-state index in [4.69, 9.17) is 4.74 Å². The van der Waals surface area contributed by atoms with Crippen LogP contribution in [0.1, 0.15) is 54.4 Å². The summed E-state index contributed by atoms with van der Waals surface area (Å²) in [6.45, 7) is 13.8. The van der Waals surface area contributed by atoms with Crippen LogP contribution >= 0.6 is 0 Å². The molecule has 0 aromatic rings. The molecular formula is C12H27NO. The van der Waals surface area contributed by atoms with Crippen LogP contribution in [0.5, 0.6) is 0 Å².